The van der Waals surface area contributed by atoms with Crippen LogP contribution in [0.5, 0.6) is 0 Å². The molecule has 0 aromatic heterocycles. The third-order valence-electron chi connectivity index (χ3n) is 11.3. The second-order valence-corrected chi connectivity index (χ2v) is 17.0. The Morgan fingerprint density at radius 2 is 1.70 bits per heavy atom. The SMILES string of the molecule is CC(O)C(NC(=O)C1=CC2OC3(Cc4ccccc4C3)OC2C(OC(=O)c2ccc(C=CC3CCC4OC4C3)cc2)C1)C(=O)NC(CO)CCC(=O)OC(C)(C)C. The number of amides is 2. The molecule has 9 unspecified atom stereocenters. The maximum absolute atomic E-state index is 13.9. The Morgan fingerprint density at radius 3 is 2.35 bits per heavy atom. The summed E-state index contributed by atoms with van der Waals surface area (Å²) in [5.74, 6) is -3.01. The van der Waals surface area contributed by atoms with Crippen LogP contribution < -0.4 is 10.6 Å². The molecule has 0 radical (unpaired) electrons. The van der Waals surface area contributed by atoms with E-state index in [1.54, 1.807) is 39.0 Å². The van der Waals surface area contributed by atoms with Crippen LogP contribution in [0.15, 0.2) is 66.3 Å². The summed E-state index contributed by atoms with van der Waals surface area (Å²) >= 11 is 0. The van der Waals surface area contributed by atoms with Crippen molar-refractivity contribution in [1.82, 2.24) is 10.6 Å². The summed E-state index contributed by atoms with van der Waals surface area (Å²) < 4.78 is 30.3. The van der Waals surface area contributed by atoms with Crippen LogP contribution in [-0.4, -0.2) is 101 Å². The Labute approximate surface area is 333 Å². The van der Waals surface area contributed by atoms with Crippen LogP contribution in [0.2, 0.25) is 0 Å². The Hall–Kier alpha value is -4.40. The molecule has 13 nitrogen and oxygen atoms in total. The standard InChI is InChI=1S/C44H54N2O11/c1-25(48)38(41(51)45-32(24-47)16-18-37(49)56-43(2,3)4)46-40(50)31-20-35(39-36(21-31)55-44(57-39)22-29-7-5-6-8-30(29)23-44)54-42(52)28-14-11-26(12-15-28)9-10-27-13-17-33-34(19-27)53-33/h5-12,14-15,21,25,27,32-36,38-39,47-48H,13,16-20,22-24H2,1-4H3,(H,45,51)(H,46,50). The lowest BCUT2D eigenvalue weighted by molar-refractivity contribution is -0.172. The van der Waals surface area contributed by atoms with Gasteiger partial charge in [-0.1, -0.05) is 48.6 Å². The van der Waals surface area contributed by atoms with Crippen LogP contribution in [0.25, 0.3) is 6.08 Å². The van der Waals surface area contributed by atoms with E-state index in [9.17, 15) is 29.4 Å². The number of benzene rings is 2. The van der Waals surface area contributed by atoms with Gasteiger partial charge in [-0.05, 0) is 94.2 Å². The molecule has 2 heterocycles. The molecule has 4 N–H and O–H groups in total. The number of epoxide rings is 1. The normalized spacial score (nSPS) is 27.3. The molecule has 2 aromatic rings. The van der Waals surface area contributed by atoms with Crippen molar-refractivity contribution in [2.75, 3.05) is 6.61 Å². The van der Waals surface area contributed by atoms with Gasteiger partial charge in [0.2, 0.25) is 11.8 Å². The van der Waals surface area contributed by atoms with Crippen molar-refractivity contribution in [1.29, 1.82) is 0 Å². The van der Waals surface area contributed by atoms with E-state index < -0.39 is 78.2 Å². The smallest absolute Gasteiger partial charge is 0.338 e. The Morgan fingerprint density at radius 1 is 0.982 bits per heavy atom. The number of ether oxygens (including phenoxy) is 5. The van der Waals surface area contributed by atoms with Crippen molar-refractivity contribution in [3.8, 4) is 0 Å². The van der Waals surface area contributed by atoms with Gasteiger partial charge in [0.1, 0.15) is 30.0 Å². The maximum atomic E-state index is 13.9. The molecule has 306 valence electrons. The van der Waals surface area contributed by atoms with Crippen LogP contribution in [0.3, 0.4) is 0 Å². The lowest BCUT2D eigenvalue weighted by Gasteiger charge is -2.31. The highest BCUT2D eigenvalue weighted by Gasteiger charge is 2.55. The van der Waals surface area contributed by atoms with Gasteiger partial charge in [-0.25, -0.2) is 4.79 Å². The van der Waals surface area contributed by atoms with Crippen molar-refractivity contribution < 1.29 is 53.1 Å². The first-order chi connectivity index (χ1) is 27.2. The van der Waals surface area contributed by atoms with E-state index >= 15 is 0 Å². The Bertz CT molecular complexity index is 1860. The average Bonchev–Trinajstić information content (AvgIpc) is 3.72. The zero-order valence-electron chi connectivity index (χ0n) is 33.0. The van der Waals surface area contributed by atoms with Gasteiger partial charge in [-0.15, -0.1) is 0 Å². The van der Waals surface area contributed by atoms with Gasteiger partial charge in [0, 0.05) is 31.3 Å². The molecular weight excluding hydrogens is 732 g/mol. The highest BCUT2D eigenvalue weighted by atomic mass is 16.8. The first-order valence-corrected chi connectivity index (χ1v) is 20.1. The third-order valence-corrected chi connectivity index (χ3v) is 11.3. The minimum Gasteiger partial charge on any atom is -0.460 e. The number of rotatable bonds is 13. The number of aliphatic hydroxyl groups excluding tert-OH is 2. The lowest BCUT2D eigenvalue weighted by Crippen LogP contribution is -2.55. The summed E-state index contributed by atoms with van der Waals surface area (Å²) in [6.45, 7) is 6.11. The molecule has 2 aromatic carbocycles. The first kappa shape index (κ1) is 40.8. The zero-order valence-corrected chi connectivity index (χ0v) is 33.0. The van der Waals surface area contributed by atoms with E-state index in [0.29, 0.717) is 36.5 Å². The number of allylic oxidation sites excluding steroid dienone is 1. The van der Waals surface area contributed by atoms with E-state index in [1.165, 1.54) is 6.92 Å². The quantitative estimate of drug-likeness (QED) is 0.171. The molecule has 2 amide bonds. The molecule has 57 heavy (non-hydrogen) atoms. The zero-order chi connectivity index (χ0) is 40.5. The number of nitrogens with one attached hydrogen (secondary N) is 2. The molecule has 3 aliphatic carbocycles. The summed E-state index contributed by atoms with van der Waals surface area (Å²) in [5.41, 5.74) is 2.99. The number of carbonyl (C=O) groups excluding carboxylic acids is 4. The summed E-state index contributed by atoms with van der Waals surface area (Å²) in [7, 11) is 0. The fraction of sp³-hybridized carbons (Fsp3) is 0.545. The minimum atomic E-state index is -1.41. The number of hydrogen-bond donors (Lipinski definition) is 4. The first-order valence-electron chi connectivity index (χ1n) is 20.1. The van der Waals surface area contributed by atoms with Crippen molar-refractivity contribution >= 4 is 29.8 Å². The maximum Gasteiger partial charge on any atom is 0.338 e. The minimum absolute atomic E-state index is 0.0395. The predicted molar refractivity (Wildman–Crippen MR) is 207 cm³/mol. The highest BCUT2D eigenvalue weighted by molar-refractivity contribution is 5.97. The van der Waals surface area contributed by atoms with E-state index in [2.05, 4.69) is 22.8 Å². The number of hydrogen-bond acceptors (Lipinski definition) is 11. The molecule has 0 bridgehead atoms. The van der Waals surface area contributed by atoms with Crippen LogP contribution >= 0.6 is 0 Å². The highest BCUT2D eigenvalue weighted by Crippen LogP contribution is 2.45. The van der Waals surface area contributed by atoms with Crippen LogP contribution in [0.4, 0.5) is 0 Å². The molecule has 2 aliphatic heterocycles. The summed E-state index contributed by atoms with van der Waals surface area (Å²) in [5, 5.41) is 25.8. The fourth-order valence-electron chi connectivity index (χ4n) is 8.28. The fourth-order valence-corrected chi connectivity index (χ4v) is 8.28. The Kier molecular flexibility index (Phi) is 12.0. The second-order valence-electron chi connectivity index (χ2n) is 17.0. The molecule has 2 saturated heterocycles. The van der Waals surface area contributed by atoms with Gasteiger partial charge >= 0.3 is 11.9 Å². The van der Waals surface area contributed by atoms with Gasteiger partial charge in [0.15, 0.2) is 5.79 Å². The van der Waals surface area contributed by atoms with Crippen molar-refractivity contribution in [3.63, 3.8) is 0 Å². The van der Waals surface area contributed by atoms with Crippen molar-refractivity contribution in [2.45, 2.75) is 139 Å². The molecule has 3 fully saturated rings. The molecule has 9 atom stereocenters. The van der Waals surface area contributed by atoms with Gasteiger partial charge < -0.3 is 44.5 Å². The summed E-state index contributed by atoms with van der Waals surface area (Å²) in [6.07, 6.45) is 7.26. The van der Waals surface area contributed by atoms with Crippen molar-refractivity contribution in [2.24, 2.45) is 5.92 Å². The molecule has 1 spiro atoms. The number of fused-ring (bicyclic) bond motifs is 3. The molecule has 5 aliphatic rings. The van der Waals surface area contributed by atoms with Crippen molar-refractivity contribution in [3.05, 3.63) is 88.5 Å². The molecular formula is C44H54N2O11. The van der Waals surface area contributed by atoms with E-state index in [1.807, 2.05) is 36.4 Å². The van der Waals surface area contributed by atoms with Gasteiger partial charge in [0.25, 0.3) is 0 Å². The summed E-state index contributed by atoms with van der Waals surface area (Å²) in [4.78, 5) is 53.2. The topological polar surface area (TPSA) is 182 Å². The number of esters is 2. The number of aliphatic hydroxyl groups is 2. The Balaban J connectivity index is 1.03. The number of carbonyl (C=O) groups is 4. The van der Waals surface area contributed by atoms with E-state index in [4.69, 9.17) is 23.7 Å². The second kappa shape index (κ2) is 16.8. The van der Waals surface area contributed by atoms with Gasteiger partial charge in [-0.3, -0.25) is 14.4 Å². The molecule has 13 heteroatoms. The third kappa shape index (κ3) is 10.0. The van der Waals surface area contributed by atoms with Crippen LogP contribution in [-0.2, 0) is 50.9 Å². The average molecular weight is 787 g/mol. The van der Waals surface area contributed by atoms with Gasteiger partial charge in [0.05, 0.1) is 36.5 Å². The van der Waals surface area contributed by atoms with E-state index in [-0.39, 0.29) is 24.8 Å². The monoisotopic (exact) mass is 786 g/mol. The van der Waals surface area contributed by atoms with Gasteiger partial charge in [-0.2, -0.15) is 0 Å². The predicted octanol–water partition coefficient (Wildman–Crippen LogP) is 3.87. The van der Waals surface area contributed by atoms with E-state index in [0.717, 1.165) is 36.0 Å². The molecule has 7 rings (SSSR count). The summed E-state index contributed by atoms with van der Waals surface area (Å²) in [6, 6.07) is 12.9. The van der Waals surface area contributed by atoms with Crippen LogP contribution in [0, 0.1) is 5.92 Å². The lowest BCUT2D eigenvalue weighted by atomic mass is 9.89. The molecule has 1 saturated carbocycles. The largest absolute Gasteiger partial charge is 0.460 e. The van der Waals surface area contributed by atoms with Crippen LogP contribution in [0.1, 0.15) is 93.3 Å².